The number of nitro groups is 1. The van der Waals surface area contributed by atoms with Gasteiger partial charge in [0.15, 0.2) is 0 Å². The maximum absolute atomic E-state index is 10.1. The van der Waals surface area contributed by atoms with E-state index in [9.17, 15) is 14.9 Å². The number of non-ortho nitro benzene ring substituents is 1. The van der Waals surface area contributed by atoms with Gasteiger partial charge in [-0.2, -0.15) is 0 Å². The van der Waals surface area contributed by atoms with Crippen molar-refractivity contribution in [1.82, 2.24) is 4.98 Å². The van der Waals surface area contributed by atoms with E-state index in [0.717, 1.165) is 0 Å². The minimum absolute atomic E-state index is 0.00407. The van der Waals surface area contributed by atoms with Crippen LogP contribution in [-0.2, 0) is 0 Å². The van der Waals surface area contributed by atoms with Crippen molar-refractivity contribution in [3.63, 3.8) is 0 Å². The van der Waals surface area contributed by atoms with Crippen LogP contribution in [-0.4, -0.2) is 16.2 Å². The lowest BCUT2D eigenvalue weighted by atomic mass is 10.2. The fraction of sp³-hybridized carbons (Fsp3) is 0. The minimum Gasteiger partial charge on any atom is -0.361 e. The third kappa shape index (κ3) is 3.29. The van der Waals surface area contributed by atoms with Gasteiger partial charge in [-0.25, -0.2) is 0 Å². The molecular formula is C15H12N2O3. The predicted molar refractivity (Wildman–Crippen MR) is 76.8 cm³/mol. The second kappa shape index (κ2) is 6.29. The van der Waals surface area contributed by atoms with Crippen molar-refractivity contribution in [2.45, 2.75) is 0 Å². The molecule has 0 spiro atoms. The van der Waals surface area contributed by atoms with Gasteiger partial charge in [0.05, 0.1) is 4.92 Å². The number of carbonyl (C=O) groups is 1. The van der Waals surface area contributed by atoms with Crippen LogP contribution < -0.4 is 0 Å². The first-order valence-electron chi connectivity index (χ1n) is 5.92. The van der Waals surface area contributed by atoms with Crippen molar-refractivity contribution in [2.75, 3.05) is 0 Å². The molecule has 5 nitrogen and oxygen atoms in total. The van der Waals surface area contributed by atoms with Crippen LogP contribution in [0.25, 0.3) is 10.9 Å². The number of aromatic nitrogens is 1. The largest absolute Gasteiger partial charge is 0.361 e. The number of rotatable bonds is 2. The standard InChI is InChI=1S/C8H7N.C7H5NO3/c1-2-4-8-7(3-1)5-6-9-8;9-5-6-1-3-7(4-2-6)8(10)11/h1-6,9H;1-5H. The molecule has 0 aliphatic rings. The van der Waals surface area contributed by atoms with Gasteiger partial charge < -0.3 is 4.98 Å². The maximum atomic E-state index is 10.1. The van der Waals surface area contributed by atoms with Crippen molar-refractivity contribution < 1.29 is 9.72 Å². The summed E-state index contributed by atoms with van der Waals surface area (Å²) in [7, 11) is 0. The minimum atomic E-state index is -0.505. The zero-order valence-corrected chi connectivity index (χ0v) is 10.5. The Kier molecular flexibility index (Phi) is 4.24. The quantitative estimate of drug-likeness (QED) is 0.438. The van der Waals surface area contributed by atoms with Crippen molar-refractivity contribution in [3.8, 4) is 0 Å². The smallest absolute Gasteiger partial charge is 0.269 e. The fourth-order valence-corrected chi connectivity index (χ4v) is 1.67. The molecule has 2 aromatic carbocycles. The Bertz CT molecular complexity index is 687. The average Bonchev–Trinajstić information content (AvgIpc) is 2.96. The summed E-state index contributed by atoms with van der Waals surface area (Å²) < 4.78 is 0. The third-order valence-electron chi connectivity index (χ3n) is 2.70. The predicted octanol–water partition coefficient (Wildman–Crippen LogP) is 3.58. The molecule has 20 heavy (non-hydrogen) atoms. The summed E-state index contributed by atoms with van der Waals surface area (Å²) in [6.45, 7) is 0. The van der Waals surface area contributed by atoms with Gasteiger partial charge >= 0.3 is 0 Å². The van der Waals surface area contributed by atoms with Gasteiger partial charge in [0.25, 0.3) is 5.69 Å². The number of nitrogens with zero attached hydrogens (tertiary/aromatic N) is 1. The highest BCUT2D eigenvalue weighted by Gasteiger charge is 2.02. The van der Waals surface area contributed by atoms with E-state index >= 15 is 0 Å². The van der Waals surface area contributed by atoms with Crippen LogP contribution in [0.15, 0.2) is 60.8 Å². The zero-order chi connectivity index (χ0) is 14.4. The zero-order valence-electron chi connectivity index (χ0n) is 10.5. The lowest BCUT2D eigenvalue weighted by Gasteiger charge is -1.89. The molecule has 3 rings (SSSR count). The van der Waals surface area contributed by atoms with Gasteiger partial charge in [0, 0.05) is 29.4 Å². The molecule has 0 fully saturated rings. The number of aldehydes is 1. The van der Waals surface area contributed by atoms with Gasteiger partial charge in [-0.1, -0.05) is 18.2 Å². The lowest BCUT2D eigenvalue weighted by molar-refractivity contribution is -0.384. The number of hydrogen-bond donors (Lipinski definition) is 1. The molecule has 1 aromatic heterocycles. The molecule has 0 unspecified atom stereocenters. The molecule has 0 aliphatic carbocycles. The van der Waals surface area contributed by atoms with Crippen molar-refractivity contribution >= 4 is 22.9 Å². The molecule has 100 valence electrons. The Hall–Kier alpha value is -2.95. The summed E-state index contributed by atoms with van der Waals surface area (Å²) in [5, 5.41) is 11.4. The Morgan fingerprint density at radius 2 is 1.70 bits per heavy atom. The molecule has 0 aliphatic heterocycles. The van der Waals surface area contributed by atoms with E-state index < -0.39 is 4.92 Å². The van der Waals surface area contributed by atoms with E-state index in [1.807, 2.05) is 18.3 Å². The van der Waals surface area contributed by atoms with E-state index in [1.54, 1.807) is 0 Å². The average molecular weight is 268 g/mol. The van der Waals surface area contributed by atoms with Crippen LogP contribution in [0.1, 0.15) is 10.4 Å². The van der Waals surface area contributed by atoms with E-state index in [-0.39, 0.29) is 5.69 Å². The summed E-state index contributed by atoms with van der Waals surface area (Å²) in [5.41, 5.74) is 1.64. The lowest BCUT2D eigenvalue weighted by Crippen LogP contribution is -1.87. The van der Waals surface area contributed by atoms with Crippen molar-refractivity contribution in [1.29, 1.82) is 0 Å². The summed E-state index contributed by atoms with van der Waals surface area (Å²) >= 11 is 0. The number of fused-ring (bicyclic) bond motifs is 1. The van der Waals surface area contributed by atoms with Crippen LogP contribution in [0.2, 0.25) is 0 Å². The Balaban J connectivity index is 0.000000149. The number of benzene rings is 2. The number of H-pyrrole nitrogens is 1. The van der Waals surface area contributed by atoms with Gasteiger partial charge in [-0.15, -0.1) is 0 Å². The van der Waals surface area contributed by atoms with Gasteiger partial charge in [0.2, 0.25) is 0 Å². The van der Waals surface area contributed by atoms with E-state index in [0.29, 0.717) is 11.8 Å². The molecule has 1 heterocycles. The summed E-state index contributed by atoms with van der Waals surface area (Å²) in [6, 6.07) is 15.7. The van der Waals surface area contributed by atoms with Gasteiger partial charge in [-0.3, -0.25) is 14.9 Å². The van der Waals surface area contributed by atoms with E-state index in [4.69, 9.17) is 0 Å². The molecule has 0 saturated carbocycles. The highest BCUT2D eigenvalue weighted by Crippen LogP contribution is 2.10. The first kappa shape index (κ1) is 13.5. The number of nitro benzene ring substituents is 1. The molecule has 0 amide bonds. The van der Waals surface area contributed by atoms with Crippen LogP contribution in [0, 0.1) is 10.1 Å². The van der Waals surface area contributed by atoms with Gasteiger partial charge in [0.1, 0.15) is 6.29 Å². The molecule has 0 atom stereocenters. The number of nitrogens with one attached hydrogen (secondary N) is 1. The topological polar surface area (TPSA) is 76.0 Å². The molecular weight excluding hydrogens is 256 g/mol. The Labute approximate surface area is 115 Å². The normalized spacial score (nSPS) is 9.60. The first-order valence-corrected chi connectivity index (χ1v) is 5.92. The second-order valence-electron chi connectivity index (χ2n) is 4.03. The monoisotopic (exact) mass is 268 g/mol. The maximum Gasteiger partial charge on any atom is 0.269 e. The molecule has 0 bridgehead atoms. The fourth-order valence-electron chi connectivity index (χ4n) is 1.67. The summed E-state index contributed by atoms with van der Waals surface area (Å²) in [6.07, 6.45) is 2.59. The summed E-state index contributed by atoms with van der Waals surface area (Å²) in [5.74, 6) is 0. The van der Waals surface area contributed by atoms with Crippen LogP contribution in [0.3, 0.4) is 0 Å². The van der Waals surface area contributed by atoms with Gasteiger partial charge in [-0.05, 0) is 29.7 Å². The number of carbonyl (C=O) groups excluding carboxylic acids is 1. The molecule has 5 heteroatoms. The summed E-state index contributed by atoms with van der Waals surface area (Å²) in [4.78, 5) is 22.8. The molecule has 1 N–H and O–H groups in total. The highest BCUT2D eigenvalue weighted by molar-refractivity contribution is 5.78. The molecule has 3 aromatic rings. The highest BCUT2D eigenvalue weighted by atomic mass is 16.6. The van der Waals surface area contributed by atoms with Crippen LogP contribution in [0.4, 0.5) is 5.69 Å². The van der Waals surface area contributed by atoms with Crippen LogP contribution >= 0.6 is 0 Å². The number of para-hydroxylation sites is 1. The van der Waals surface area contributed by atoms with E-state index in [2.05, 4.69) is 23.2 Å². The molecule has 0 saturated heterocycles. The SMILES string of the molecule is O=Cc1ccc([N+](=O)[O-])cc1.c1ccc2[nH]ccc2c1. The van der Waals surface area contributed by atoms with Crippen molar-refractivity contribution in [2.24, 2.45) is 0 Å². The Morgan fingerprint density at radius 3 is 2.30 bits per heavy atom. The number of aromatic amines is 1. The molecule has 0 radical (unpaired) electrons. The third-order valence-corrected chi connectivity index (χ3v) is 2.70. The van der Waals surface area contributed by atoms with Crippen molar-refractivity contribution in [3.05, 3.63) is 76.5 Å². The first-order chi connectivity index (χ1) is 9.70. The Morgan fingerprint density at radius 1 is 1.00 bits per heavy atom. The number of hydrogen-bond acceptors (Lipinski definition) is 3. The van der Waals surface area contributed by atoms with E-state index in [1.165, 1.54) is 35.2 Å². The second-order valence-corrected chi connectivity index (χ2v) is 4.03. The van der Waals surface area contributed by atoms with Crippen LogP contribution in [0.5, 0.6) is 0 Å².